The molecule has 0 aliphatic heterocycles. The van der Waals surface area contributed by atoms with Gasteiger partial charge in [-0.1, -0.05) is 28.1 Å². The van der Waals surface area contributed by atoms with Crippen molar-refractivity contribution in [3.8, 4) is 0 Å². The van der Waals surface area contributed by atoms with Gasteiger partial charge in [-0.25, -0.2) is 8.42 Å². The van der Waals surface area contributed by atoms with E-state index in [1.54, 1.807) is 0 Å². The Morgan fingerprint density at radius 2 is 1.86 bits per heavy atom. The van der Waals surface area contributed by atoms with Gasteiger partial charge in [0.15, 0.2) is 9.84 Å². The summed E-state index contributed by atoms with van der Waals surface area (Å²) >= 11 is 3.35. The third-order valence-corrected chi connectivity index (χ3v) is 4.73. The molecule has 2 nitrogen and oxygen atoms in total. The van der Waals surface area contributed by atoms with Gasteiger partial charge in [0.2, 0.25) is 0 Å². The Kier molecular flexibility index (Phi) is 2.43. The number of halogens is 1. The lowest BCUT2D eigenvalue weighted by atomic mass is 10.1. The maximum absolute atomic E-state index is 11.2. The Balaban J connectivity index is 2.18. The number of hydrogen-bond acceptors (Lipinski definition) is 2. The average Bonchev–Trinajstić information content (AvgIpc) is 2.83. The first-order valence-corrected chi connectivity index (χ1v) is 7.17. The van der Waals surface area contributed by atoms with Crippen LogP contribution in [0.5, 0.6) is 0 Å². The topological polar surface area (TPSA) is 34.1 Å². The van der Waals surface area contributed by atoms with Crippen molar-refractivity contribution < 1.29 is 8.42 Å². The van der Waals surface area contributed by atoms with Crippen LogP contribution in [0.1, 0.15) is 17.9 Å². The molecule has 1 aromatic rings. The van der Waals surface area contributed by atoms with Crippen molar-refractivity contribution in [1.29, 1.82) is 0 Å². The van der Waals surface area contributed by atoms with E-state index in [4.69, 9.17) is 0 Å². The van der Waals surface area contributed by atoms with E-state index in [1.165, 1.54) is 6.26 Å². The van der Waals surface area contributed by atoms with Crippen LogP contribution in [0.25, 0.3) is 0 Å². The van der Waals surface area contributed by atoms with Gasteiger partial charge in [-0.15, -0.1) is 0 Å². The quantitative estimate of drug-likeness (QED) is 0.830. The van der Waals surface area contributed by atoms with Gasteiger partial charge in [-0.2, -0.15) is 0 Å². The lowest BCUT2D eigenvalue weighted by Gasteiger charge is -1.99. The van der Waals surface area contributed by atoms with Crippen LogP contribution < -0.4 is 0 Å². The smallest absolute Gasteiger partial charge is 0.150 e. The Morgan fingerprint density at radius 3 is 2.29 bits per heavy atom. The molecule has 0 aromatic heterocycles. The summed E-state index contributed by atoms with van der Waals surface area (Å²) in [5, 5.41) is -0.149. The summed E-state index contributed by atoms with van der Waals surface area (Å²) in [7, 11) is -2.85. The summed E-state index contributed by atoms with van der Waals surface area (Å²) in [6, 6.07) is 7.87. The number of rotatable bonds is 2. The van der Waals surface area contributed by atoms with E-state index in [0.717, 1.165) is 16.5 Å². The number of sulfone groups is 1. The van der Waals surface area contributed by atoms with Crippen molar-refractivity contribution in [1.82, 2.24) is 0 Å². The zero-order valence-corrected chi connectivity index (χ0v) is 10.2. The molecule has 76 valence electrons. The van der Waals surface area contributed by atoms with Crippen molar-refractivity contribution >= 4 is 25.8 Å². The Morgan fingerprint density at radius 1 is 1.29 bits per heavy atom. The minimum atomic E-state index is -2.85. The molecule has 14 heavy (non-hydrogen) atoms. The van der Waals surface area contributed by atoms with Gasteiger partial charge in [0.1, 0.15) is 0 Å². The molecule has 2 rings (SSSR count). The Hall–Kier alpha value is -0.350. The van der Waals surface area contributed by atoms with Gasteiger partial charge < -0.3 is 0 Å². The second-order valence-corrected chi connectivity index (χ2v) is 6.94. The van der Waals surface area contributed by atoms with Crippen molar-refractivity contribution in [2.45, 2.75) is 17.6 Å². The predicted molar refractivity (Wildman–Crippen MR) is 60.1 cm³/mol. The van der Waals surface area contributed by atoms with E-state index in [9.17, 15) is 8.42 Å². The molecule has 4 heteroatoms. The summed E-state index contributed by atoms with van der Waals surface area (Å²) in [6.45, 7) is 0. The van der Waals surface area contributed by atoms with E-state index in [1.807, 2.05) is 24.3 Å². The standard InChI is InChI=1S/C10H11BrO2S/c1-14(12,13)10-6-9(10)7-2-4-8(11)5-3-7/h2-5,9-10H,6H2,1H3. The molecule has 0 heterocycles. The first kappa shape index (κ1) is 10.2. The van der Waals surface area contributed by atoms with Crippen molar-refractivity contribution in [2.24, 2.45) is 0 Å². The van der Waals surface area contributed by atoms with Crippen molar-refractivity contribution in [3.05, 3.63) is 34.3 Å². The fourth-order valence-electron chi connectivity index (χ4n) is 1.71. The predicted octanol–water partition coefficient (Wildman–Crippen LogP) is 2.35. The highest BCUT2D eigenvalue weighted by molar-refractivity contribution is 9.10. The van der Waals surface area contributed by atoms with Crippen LogP contribution in [0, 0.1) is 0 Å². The Bertz CT molecular complexity index is 436. The molecule has 2 unspecified atom stereocenters. The van der Waals surface area contributed by atoms with E-state index in [0.29, 0.717) is 0 Å². The second-order valence-electron chi connectivity index (χ2n) is 3.76. The third-order valence-electron chi connectivity index (χ3n) is 2.58. The average molecular weight is 275 g/mol. The highest BCUT2D eigenvalue weighted by Gasteiger charge is 2.45. The molecule has 0 N–H and O–H groups in total. The van der Waals surface area contributed by atoms with E-state index in [-0.39, 0.29) is 11.2 Å². The summed E-state index contributed by atoms with van der Waals surface area (Å²) in [5.74, 6) is 0.220. The van der Waals surface area contributed by atoms with Crippen LogP contribution in [-0.4, -0.2) is 19.9 Å². The molecule has 1 aliphatic rings. The van der Waals surface area contributed by atoms with Gasteiger partial charge in [-0.3, -0.25) is 0 Å². The number of hydrogen-bond donors (Lipinski definition) is 0. The molecule has 0 amide bonds. The van der Waals surface area contributed by atoms with Crippen LogP contribution in [0.3, 0.4) is 0 Å². The van der Waals surface area contributed by atoms with Crippen LogP contribution in [0.4, 0.5) is 0 Å². The van der Waals surface area contributed by atoms with Crippen LogP contribution >= 0.6 is 15.9 Å². The summed E-state index contributed by atoms with van der Waals surface area (Å²) < 4.78 is 23.5. The van der Waals surface area contributed by atoms with Gasteiger partial charge >= 0.3 is 0 Å². The second kappa shape index (κ2) is 3.35. The number of benzene rings is 1. The molecule has 0 spiro atoms. The highest BCUT2D eigenvalue weighted by Crippen LogP contribution is 2.45. The van der Waals surface area contributed by atoms with Gasteiger partial charge in [0.05, 0.1) is 5.25 Å². The third kappa shape index (κ3) is 2.01. The van der Waals surface area contributed by atoms with Crippen LogP contribution in [-0.2, 0) is 9.84 Å². The zero-order chi connectivity index (χ0) is 10.3. The maximum Gasteiger partial charge on any atom is 0.150 e. The molecule has 0 bridgehead atoms. The van der Waals surface area contributed by atoms with Gasteiger partial charge in [0.25, 0.3) is 0 Å². The fraction of sp³-hybridized carbons (Fsp3) is 0.400. The minimum Gasteiger partial charge on any atom is -0.229 e. The summed E-state index contributed by atoms with van der Waals surface area (Å²) in [6.07, 6.45) is 2.09. The van der Waals surface area contributed by atoms with E-state index >= 15 is 0 Å². The summed E-state index contributed by atoms with van der Waals surface area (Å²) in [4.78, 5) is 0. The molecular weight excluding hydrogens is 264 g/mol. The van der Waals surface area contributed by atoms with Crippen LogP contribution in [0.15, 0.2) is 28.7 Å². The Labute approximate surface area is 92.4 Å². The monoisotopic (exact) mass is 274 g/mol. The normalized spacial score (nSPS) is 26.1. The molecule has 0 saturated heterocycles. The highest BCUT2D eigenvalue weighted by atomic mass is 79.9. The van der Waals surface area contributed by atoms with Gasteiger partial charge in [-0.05, 0) is 24.1 Å². The molecular formula is C10H11BrO2S. The zero-order valence-electron chi connectivity index (χ0n) is 7.77. The minimum absolute atomic E-state index is 0.149. The molecule has 1 fully saturated rings. The first-order valence-electron chi connectivity index (χ1n) is 4.43. The first-order chi connectivity index (χ1) is 6.48. The summed E-state index contributed by atoms with van der Waals surface area (Å²) in [5.41, 5.74) is 1.13. The van der Waals surface area contributed by atoms with E-state index < -0.39 is 9.84 Å². The molecule has 1 aliphatic carbocycles. The lowest BCUT2D eigenvalue weighted by molar-refractivity contribution is 0.600. The van der Waals surface area contributed by atoms with Gasteiger partial charge in [0, 0.05) is 16.6 Å². The largest absolute Gasteiger partial charge is 0.229 e. The SMILES string of the molecule is CS(=O)(=O)C1CC1c1ccc(Br)cc1. The molecule has 1 saturated carbocycles. The fourth-order valence-corrected chi connectivity index (χ4v) is 3.28. The molecule has 2 atom stereocenters. The lowest BCUT2D eigenvalue weighted by Crippen LogP contribution is -2.04. The maximum atomic E-state index is 11.2. The molecule has 1 aromatic carbocycles. The van der Waals surface area contributed by atoms with Crippen molar-refractivity contribution in [3.63, 3.8) is 0 Å². The van der Waals surface area contributed by atoms with Crippen LogP contribution in [0.2, 0.25) is 0 Å². The molecule has 0 radical (unpaired) electrons. The van der Waals surface area contributed by atoms with E-state index in [2.05, 4.69) is 15.9 Å². The van der Waals surface area contributed by atoms with Crippen molar-refractivity contribution in [2.75, 3.05) is 6.26 Å².